The molecule has 0 aromatic heterocycles. The first kappa shape index (κ1) is 16.7. The number of hydrogen-bond acceptors (Lipinski definition) is 4. The molecular weight excluding hydrogens is 368 g/mol. The highest BCUT2D eigenvalue weighted by Gasteiger charge is 2.19. The highest BCUT2D eigenvalue weighted by molar-refractivity contribution is 6.32. The molecule has 1 aromatic rings. The SMILES string of the molecule is C1=CC2=NC1=CC1=NC(=C(c3ccccc3)C3=NC(=CC4=NC(=C2)C=C4)C=C3)C=C1. The maximum atomic E-state index is 4.87. The number of hydrogen-bond donors (Lipinski definition) is 0. The van der Waals surface area contributed by atoms with Crippen LogP contribution in [0.15, 0.2) is 140 Å². The Balaban J connectivity index is 1.57. The number of fused-ring (bicyclic) bond motifs is 4. The van der Waals surface area contributed by atoms with E-state index in [2.05, 4.69) is 22.1 Å². The second-order valence-corrected chi connectivity index (χ2v) is 7.27. The lowest BCUT2D eigenvalue weighted by atomic mass is 9.99. The average molecular weight is 384 g/mol. The van der Waals surface area contributed by atoms with Crippen LogP contribution in [-0.2, 0) is 0 Å². The molecule has 0 radical (unpaired) electrons. The summed E-state index contributed by atoms with van der Waals surface area (Å²) in [5.74, 6) is 0. The van der Waals surface area contributed by atoms with Crippen molar-refractivity contribution in [3.63, 3.8) is 0 Å². The van der Waals surface area contributed by atoms with Gasteiger partial charge in [0, 0.05) is 5.57 Å². The van der Waals surface area contributed by atoms with Gasteiger partial charge in [-0.15, -0.1) is 0 Å². The first-order chi connectivity index (χ1) is 14.8. The van der Waals surface area contributed by atoms with Gasteiger partial charge in [-0.1, -0.05) is 30.3 Å². The highest BCUT2D eigenvalue weighted by Crippen LogP contribution is 2.29. The molecule has 4 heteroatoms. The van der Waals surface area contributed by atoms with Crippen molar-refractivity contribution in [3.05, 3.63) is 126 Å². The molecule has 0 N–H and O–H groups in total. The predicted molar refractivity (Wildman–Crippen MR) is 124 cm³/mol. The largest absolute Gasteiger partial charge is 0.249 e. The minimum atomic E-state index is 0.877. The number of benzene rings is 1. The molecule has 0 unspecified atom stereocenters. The summed E-state index contributed by atoms with van der Waals surface area (Å²) >= 11 is 0. The van der Waals surface area contributed by atoms with E-state index in [-0.39, 0.29) is 0 Å². The summed E-state index contributed by atoms with van der Waals surface area (Å²) in [4.78, 5) is 19.1. The molecule has 6 rings (SSSR count). The monoisotopic (exact) mass is 384 g/mol. The van der Waals surface area contributed by atoms with Gasteiger partial charge in [0.1, 0.15) is 0 Å². The Hall–Kier alpha value is -4.18. The molecule has 0 saturated carbocycles. The molecule has 0 atom stereocenters. The van der Waals surface area contributed by atoms with Crippen LogP contribution in [0, 0.1) is 0 Å². The molecule has 1 aromatic carbocycles. The summed E-state index contributed by atoms with van der Waals surface area (Å²) in [6, 6.07) is 10.3. The van der Waals surface area contributed by atoms with Crippen molar-refractivity contribution in [1.82, 2.24) is 0 Å². The molecule has 8 bridgehead atoms. The van der Waals surface area contributed by atoms with Gasteiger partial charge < -0.3 is 0 Å². The van der Waals surface area contributed by atoms with Crippen LogP contribution in [0.25, 0.3) is 5.57 Å². The van der Waals surface area contributed by atoms with E-state index >= 15 is 0 Å². The van der Waals surface area contributed by atoms with Crippen molar-refractivity contribution in [1.29, 1.82) is 0 Å². The van der Waals surface area contributed by atoms with Gasteiger partial charge in [-0.2, -0.15) is 0 Å². The van der Waals surface area contributed by atoms with E-state index in [9.17, 15) is 0 Å². The second-order valence-electron chi connectivity index (χ2n) is 7.27. The normalized spacial score (nSPS) is 20.7. The lowest BCUT2D eigenvalue weighted by molar-refractivity contribution is 1.41. The third-order valence-corrected chi connectivity index (χ3v) is 5.15. The van der Waals surface area contributed by atoms with Crippen molar-refractivity contribution in [3.8, 4) is 0 Å². The second kappa shape index (κ2) is 6.71. The van der Waals surface area contributed by atoms with Gasteiger partial charge in [0.25, 0.3) is 0 Å². The Bertz CT molecular complexity index is 1340. The van der Waals surface area contributed by atoms with E-state index in [1.165, 1.54) is 0 Å². The van der Waals surface area contributed by atoms with E-state index in [4.69, 9.17) is 9.98 Å². The van der Waals surface area contributed by atoms with Crippen molar-refractivity contribution < 1.29 is 0 Å². The summed E-state index contributed by atoms with van der Waals surface area (Å²) in [6.45, 7) is 0. The first-order valence-corrected chi connectivity index (χ1v) is 9.82. The van der Waals surface area contributed by atoms with Crippen molar-refractivity contribution >= 4 is 28.4 Å². The highest BCUT2D eigenvalue weighted by atomic mass is 14.8. The molecule has 5 aliphatic heterocycles. The molecule has 30 heavy (non-hydrogen) atoms. The van der Waals surface area contributed by atoms with Crippen LogP contribution in [0.3, 0.4) is 0 Å². The fraction of sp³-hybridized carbons (Fsp3) is 0. The fourth-order valence-corrected chi connectivity index (χ4v) is 3.79. The van der Waals surface area contributed by atoms with E-state index in [1.807, 2.05) is 85.0 Å². The first-order valence-electron chi connectivity index (χ1n) is 9.82. The zero-order valence-corrected chi connectivity index (χ0v) is 16.0. The third kappa shape index (κ3) is 3.05. The maximum Gasteiger partial charge on any atom is 0.0737 e. The summed E-state index contributed by atoms with van der Waals surface area (Å²) < 4.78 is 0. The number of allylic oxidation sites excluding steroid dienone is 12. The van der Waals surface area contributed by atoms with Crippen LogP contribution in [0.2, 0.25) is 0 Å². The molecule has 4 nitrogen and oxygen atoms in total. The number of aliphatic imine (C=N–C) groups is 4. The molecular formula is C26H16N4. The van der Waals surface area contributed by atoms with Crippen LogP contribution in [0.5, 0.6) is 0 Å². The van der Waals surface area contributed by atoms with E-state index in [1.54, 1.807) is 0 Å². The minimum absolute atomic E-state index is 0.877. The summed E-state index contributed by atoms with van der Waals surface area (Å²) in [6.07, 6.45) is 22.1. The van der Waals surface area contributed by atoms with Crippen LogP contribution in [-0.4, -0.2) is 22.8 Å². The van der Waals surface area contributed by atoms with Crippen molar-refractivity contribution in [2.24, 2.45) is 20.0 Å². The van der Waals surface area contributed by atoms with Crippen molar-refractivity contribution in [2.45, 2.75) is 0 Å². The third-order valence-electron chi connectivity index (χ3n) is 5.15. The Morgan fingerprint density at radius 1 is 0.467 bits per heavy atom. The zero-order valence-electron chi connectivity index (χ0n) is 16.0. The minimum Gasteiger partial charge on any atom is -0.249 e. The van der Waals surface area contributed by atoms with Gasteiger partial charge in [-0.05, 0) is 72.4 Å². The Morgan fingerprint density at radius 3 is 1.73 bits per heavy atom. The van der Waals surface area contributed by atoms with Crippen LogP contribution in [0.1, 0.15) is 5.56 Å². The van der Waals surface area contributed by atoms with Gasteiger partial charge in [0.05, 0.1) is 45.6 Å². The summed E-state index contributed by atoms with van der Waals surface area (Å²) in [5.41, 5.74) is 9.19. The molecule has 0 fully saturated rings. The predicted octanol–water partition coefficient (Wildman–Crippen LogP) is 5.11. The van der Waals surface area contributed by atoms with Crippen molar-refractivity contribution in [2.75, 3.05) is 0 Å². The molecule has 0 spiro atoms. The van der Waals surface area contributed by atoms with Gasteiger partial charge in [-0.25, -0.2) is 20.0 Å². The van der Waals surface area contributed by atoms with Gasteiger partial charge in [-0.3, -0.25) is 0 Å². The Morgan fingerprint density at radius 2 is 1.03 bits per heavy atom. The molecule has 140 valence electrons. The zero-order chi connectivity index (χ0) is 19.9. The van der Waals surface area contributed by atoms with Crippen LogP contribution >= 0.6 is 0 Å². The number of rotatable bonds is 1. The molecule has 0 saturated heterocycles. The van der Waals surface area contributed by atoms with Crippen LogP contribution in [0.4, 0.5) is 0 Å². The summed E-state index contributed by atoms with van der Waals surface area (Å²) in [5, 5.41) is 0. The fourth-order valence-electron chi connectivity index (χ4n) is 3.79. The molecule has 0 amide bonds. The standard InChI is InChI=1S/C26H16N4/c1-2-4-17(5-3-1)26-24-12-10-22(29-24)15-20-8-6-18(27-20)14-19-7-9-21(28-19)16-23-11-13-25(26)30-23/h1-16H. The summed E-state index contributed by atoms with van der Waals surface area (Å²) in [7, 11) is 0. The average Bonchev–Trinajstić information content (AvgIpc) is 3.54. The van der Waals surface area contributed by atoms with E-state index < -0.39 is 0 Å². The van der Waals surface area contributed by atoms with Crippen LogP contribution < -0.4 is 0 Å². The van der Waals surface area contributed by atoms with E-state index in [0.29, 0.717) is 0 Å². The Labute approximate surface area is 174 Å². The topological polar surface area (TPSA) is 49.4 Å². The lowest BCUT2D eigenvalue weighted by Crippen LogP contribution is -1.99. The molecule has 5 aliphatic rings. The smallest absolute Gasteiger partial charge is 0.0737 e. The quantitative estimate of drug-likeness (QED) is 0.646. The molecule has 0 aliphatic carbocycles. The molecule has 5 heterocycles. The van der Waals surface area contributed by atoms with Gasteiger partial charge in [0.15, 0.2) is 0 Å². The lowest BCUT2D eigenvalue weighted by Gasteiger charge is -2.08. The number of nitrogens with zero attached hydrogens (tertiary/aromatic N) is 4. The van der Waals surface area contributed by atoms with Gasteiger partial charge >= 0.3 is 0 Å². The Kier molecular flexibility index (Phi) is 3.74. The van der Waals surface area contributed by atoms with E-state index in [0.717, 1.165) is 56.8 Å². The van der Waals surface area contributed by atoms with Gasteiger partial charge in [0.2, 0.25) is 0 Å². The maximum absolute atomic E-state index is 4.87.